The molecule has 20 heavy (non-hydrogen) atoms. The monoisotopic (exact) mass is 392 g/mol. The van der Waals surface area contributed by atoms with Crippen LogP contribution in [0.25, 0.3) is 11.1 Å². The van der Waals surface area contributed by atoms with Gasteiger partial charge >= 0.3 is 41.5 Å². The minimum Gasteiger partial charge on any atom is -1.00 e. The summed E-state index contributed by atoms with van der Waals surface area (Å²) in [5.41, 5.74) is 1.03. The van der Waals surface area contributed by atoms with E-state index in [1.807, 2.05) is 22.6 Å². The molecule has 2 rings (SSSR count). The van der Waals surface area contributed by atoms with Gasteiger partial charge in [0.05, 0.1) is 11.1 Å². The van der Waals surface area contributed by atoms with E-state index in [0.29, 0.717) is 14.7 Å². The van der Waals surface area contributed by atoms with Crippen LogP contribution in [-0.2, 0) is 0 Å². The fourth-order valence-electron chi connectivity index (χ4n) is 1.87. The Bertz CT molecular complexity index is 676. The molecule has 2 aromatic rings. The van der Waals surface area contributed by atoms with Crippen LogP contribution in [0.3, 0.4) is 0 Å². The first-order chi connectivity index (χ1) is 9.02. The van der Waals surface area contributed by atoms with Gasteiger partial charge in [-0.2, -0.15) is 0 Å². The molecule has 2 N–H and O–H groups in total. The van der Waals surface area contributed by atoms with Gasteiger partial charge in [-0.05, 0) is 45.9 Å². The normalized spacial score (nSPS) is 9.65. The Morgan fingerprint density at radius 1 is 0.900 bits per heavy atom. The summed E-state index contributed by atoms with van der Waals surface area (Å²) in [6, 6.07) is 11.4. The number of carbonyl (C=O) groups is 2. The van der Waals surface area contributed by atoms with Gasteiger partial charge in [-0.25, -0.2) is 9.59 Å². The third kappa shape index (κ3) is 3.41. The second-order valence-corrected chi connectivity index (χ2v) is 4.98. The van der Waals surface area contributed by atoms with E-state index < -0.39 is 11.9 Å². The minimum atomic E-state index is -1.08. The molecule has 0 atom stereocenters. The van der Waals surface area contributed by atoms with Crippen LogP contribution in [0.2, 0.25) is 0 Å². The molecule has 0 saturated carbocycles. The standard InChI is InChI=1S/C14H9IO4.Na.H/c15-11-7-3-6-9(12(11)14(18)19)8-4-1-2-5-10(8)13(16)17;;/h1-7H,(H,16,17)(H,18,19);;/q;+1;-1. The molecular weight excluding hydrogens is 382 g/mol. The second-order valence-electron chi connectivity index (χ2n) is 3.82. The molecule has 98 valence electrons. The smallest absolute Gasteiger partial charge is 1.00 e. The van der Waals surface area contributed by atoms with E-state index in [9.17, 15) is 19.8 Å². The fourth-order valence-corrected chi connectivity index (χ4v) is 2.60. The topological polar surface area (TPSA) is 74.6 Å². The van der Waals surface area contributed by atoms with E-state index >= 15 is 0 Å². The predicted molar refractivity (Wildman–Crippen MR) is 79.6 cm³/mol. The van der Waals surface area contributed by atoms with Crippen LogP contribution >= 0.6 is 22.6 Å². The van der Waals surface area contributed by atoms with Gasteiger partial charge in [0.25, 0.3) is 0 Å². The van der Waals surface area contributed by atoms with Crippen LogP contribution in [0.5, 0.6) is 0 Å². The molecule has 0 unspecified atom stereocenters. The molecule has 4 nitrogen and oxygen atoms in total. The summed E-state index contributed by atoms with van der Waals surface area (Å²) >= 11 is 1.93. The third-order valence-corrected chi connectivity index (χ3v) is 3.57. The van der Waals surface area contributed by atoms with Crippen molar-refractivity contribution in [3.8, 4) is 11.1 Å². The SMILES string of the molecule is O=C(O)c1ccccc1-c1cccc(I)c1C(=O)O.[H-].[Na+]. The summed E-state index contributed by atoms with van der Waals surface area (Å²) < 4.78 is 0.572. The Hall–Kier alpha value is -0.890. The van der Waals surface area contributed by atoms with Gasteiger partial charge in [-0.3, -0.25) is 0 Å². The van der Waals surface area contributed by atoms with Gasteiger partial charge in [-0.15, -0.1) is 0 Å². The quantitative estimate of drug-likeness (QED) is 0.589. The first kappa shape index (κ1) is 17.2. The van der Waals surface area contributed by atoms with Crippen molar-refractivity contribution >= 4 is 34.5 Å². The van der Waals surface area contributed by atoms with E-state index in [4.69, 9.17) is 0 Å². The van der Waals surface area contributed by atoms with Gasteiger partial charge in [-0.1, -0.05) is 30.3 Å². The summed E-state index contributed by atoms with van der Waals surface area (Å²) in [6.07, 6.45) is 0. The zero-order valence-corrected chi connectivity index (χ0v) is 14.8. The van der Waals surface area contributed by atoms with Gasteiger partial charge in [0.1, 0.15) is 0 Å². The molecule has 0 heterocycles. The predicted octanol–water partition coefficient (Wildman–Crippen LogP) is 0.471. The van der Waals surface area contributed by atoms with Gasteiger partial charge in [0, 0.05) is 3.57 Å². The zero-order chi connectivity index (χ0) is 14.0. The van der Waals surface area contributed by atoms with Crippen molar-refractivity contribution in [3.63, 3.8) is 0 Å². The Morgan fingerprint density at radius 2 is 1.50 bits per heavy atom. The molecule has 0 saturated heterocycles. The van der Waals surface area contributed by atoms with E-state index in [2.05, 4.69) is 0 Å². The van der Waals surface area contributed by atoms with E-state index in [1.165, 1.54) is 6.07 Å². The number of benzene rings is 2. The van der Waals surface area contributed by atoms with Crippen molar-refractivity contribution in [2.45, 2.75) is 0 Å². The molecule has 0 radical (unpaired) electrons. The second kappa shape index (κ2) is 7.21. The molecule has 2 aromatic carbocycles. The Balaban J connectivity index is 0.00000200. The number of aromatic carboxylic acids is 2. The summed E-state index contributed by atoms with van der Waals surface area (Å²) in [5, 5.41) is 18.5. The van der Waals surface area contributed by atoms with Crippen LogP contribution in [0.1, 0.15) is 22.1 Å². The molecule has 0 spiro atoms. The zero-order valence-electron chi connectivity index (χ0n) is 11.6. The number of halogens is 1. The van der Waals surface area contributed by atoms with Crippen molar-refractivity contribution in [1.29, 1.82) is 0 Å². The van der Waals surface area contributed by atoms with Crippen molar-refractivity contribution < 1.29 is 50.8 Å². The van der Waals surface area contributed by atoms with E-state index in [-0.39, 0.29) is 42.1 Å². The average Bonchev–Trinajstić information content (AvgIpc) is 2.37. The van der Waals surface area contributed by atoms with Crippen LogP contribution in [0.4, 0.5) is 0 Å². The van der Waals surface area contributed by atoms with Crippen molar-refractivity contribution in [1.82, 2.24) is 0 Å². The summed E-state index contributed by atoms with van der Waals surface area (Å²) in [4.78, 5) is 22.6. The molecule has 0 aliphatic rings. The molecule has 6 heteroatoms. The van der Waals surface area contributed by atoms with Crippen LogP contribution in [0.15, 0.2) is 42.5 Å². The number of hydrogen-bond acceptors (Lipinski definition) is 2. The van der Waals surface area contributed by atoms with Crippen molar-refractivity contribution in [3.05, 3.63) is 57.2 Å². The molecule has 0 aromatic heterocycles. The number of carboxylic acids is 2. The molecular formula is C14H10INaO4. The molecule has 0 aliphatic carbocycles. The largest absolute Gasteiger partial charge is 1.00 e. The number of hydrogen-bond donors (Lipinski definition) is 2. The third-order valence-electron chi connectivity index (χ3n) is 2.68. The Morgan fingerprint density at radius 3 is 2.10 bits per heavy atom. The summed E-state index contributed by atoms with van der Waals surface area (Å²) in [5.74, 6) is -2.15. The van der Waals surface area contributed by atoms with Gasteiger partial charge in [0.15, 0.2) is 0 Å². The Labute approximate surface area is 152 Å². The minimum absolute atomic E-state index is 0. The molecule has 0 amide bonds. The van der Waals surface area contributed by atoms with Crippen LogP contribution in [-0.4, -0.2) is 22.2 Å². The van der Waals surface area contributed by atoms with E-state index in [0.717, 1.165) is 0 Å². The summed E-state index contributed by atoms with van der Waals surface area (Å²) in [6.45, 7) is 0. The maximum atomic E-state index is 11.3. The Kier molecular flexibility index (Phi) is 6.19. The molecule has 0 bridgehead atoms. The van der Waals surface area contributed by atoms with Crippen molar-refractivity contribution in [2.75, 3.05) is 0 Å². The van der Waals surface area contributed by atoms with Gasteiger partial charge < -0.3 is 11.6 Å². The maximum absolute atomic E-state index is 11.3. The average molecular weight is 392 g/mol. The summed E-state index contributed by atoms with van der Waals surface area (Å²) in [7, 11) is 0. The van der Waals surface area contributed by atoms with Crippen molar-refractivity contribution in [2.24, 2.45) is 0 Å². The number of rotatable bonds is 3. The van der Waals surface area contributed by atoms with Crippen LogP contribution in [0, 0.1) is 3.57 Å². The van der Waals surface area contributed by atoms with Gasteiger partial charge in [0.2, 0.25) is 0 Å². The molecule has 0 fully saturated rings. The maximum Gasteiger partial charge on any atom is 1.00 e. The fraction of sp³-hybridized carbons (Fsp3) is 0. The molecule has 0 aliphatic heterocycles. The first-order valence-electron chi connectivity index (χ1n) is 5.37. The van der Waals surface area contributed by atoms with E-state index in [1.54, 1.807) is 36.4 Å². The van der Waals surface area contributed by atoms with Crippen LogP contribution < -0.4 is 29.6 Å². The first-order valence-corrected chi connectivity index (χ1v) is 6.44. The number of carboxylic acid groups (broad SMARTS) is 2.